The van der Waals surface area contributed by atoms with Gasteiger partial charge >= 0.3 is 0 Å². The van der Waals surface area contributed by atoms with Crippen molar-refractivity contribution in [1.82, 2.24) is 5.32 Å². The van der Waals surface area contributed by atoms with Gasteiger partial charge in [-0.15, -0.1) is 0 Å². The molecule has 0 aliphatic rings. The maximum atomic E-state index is 12.7. The van der Waals surface area contributed by atoms with E-state index in [4.69, 9.17) is 0 Å². The molecule has 0 fully saturated rings. The van der Waals surface area contributed by atoms with Crippen LogP contribution in [0.2, 0.25) is 0 Å². The normalized spacial score (nSPS) is 11.9. The summed E-state index contributed by atoms with van der Waals surface area (Å²) < 4.78 is 24.3. The zero-order valence-electron chi connectivity index (χ0n) is 20.2. The summed E-state index contributed by atoms with van der Waals surface area (Å²) in [6.45, 7) is 15.6. The summed E-state index contributed by atoms with van der Waals surface area (Å²) in [7, 11) is -3.09. The zero-order chi connectivity index (χ0) is 23.5. The Morgan fingerprint density at radius 1 is 0.806 bits per heavy atom. The Morgan fingerprint density at radius 2 is 1.29 bits per heavy atom. The molecule has 0 aromatic heterocycles. The molecule has 2 aromatic carbocycles. The van der Waals surface area contributed by atoms with Crippen LogP contribution in [0.25, 0.3) is 0 Å². The highest BCUT2D eigenvalue weighted by Crippen LogP contribution is 2.28. The molecule has 0 saturated carbocycles. The van der Waals surface area contributed by atoms with Crippen molar-refractivity contribution in [2.24, 2.45) is 0 Å². The van der Waals surface area contributed by atoms with Gasteiger partial charge in [-0.1, -0.05) is 24.3 Å². The van der Waals surface area contributed by atoms with Crippen LogP contribution in [0.5, 0.6) is 0 Å². The molecule has 0 aliphatic heterocycles. The second-order valence-corrected chi connectivity index (χ2v) is 11.7. The standard InChI is InChI=1S/C26H37NO3S/c1-16(2)27-26(28)25-20(7)18(5)24(19(6)21(25)8)14-13-22-9-11-23(12-10-22)15-31(29,30)17(3)4/h9-12,16-17H,13-15H2,1-8H3,(H,27,28). The van der Waals surface area contributed by atoms with E-state index in [0.29, 0.717) is 0 Å². The Balaban J connectivity index is 2.22. The molecule has 0 atom stereocenters. The van der Waals surface area contributed by atoms with E-state index in [-0.39, 0.29) is 23.0 Å². The number of sulfone groups is 1. The Morgan fingerprint density at radius 3 is 1.74 bits per heavy atom. The van der Waals surface area contributed by atoms with Gasteiger partial charge in [0, 0.05) is 11.6 Å². The first-order chi connectivity index (χ1) is 14.3. The second-order valence-electron chi connectivity index (χ2n) is 9.15. The number of amides is 1. The van der Waals surface area contributed by atoms with E-state index in [9.17, 15) is 13.2 Å². The van der Waals surface area contributed by atoms with Crippen molar-refractivity contribution in [3.63, 3.8) is 0 Å². The van der Waals surface area contributed by atoms with E-state index in [2.05, 4.69) is 19.2 Å². The first-order valence-electron chi connectivity index (χ1n) is 11.0. The van der Waals surface area contributed by atoms with Gasteiger partial charge in [-0.25, -0.2) is 8.42 Å². The van der Waals surface area contributed by atoms with E-state index in [1.807, 2.05) is 52.0 Å². The summed E-state index contributed by atoms with van der Waals surface area (Å²) in [6, 6.07) is 8.00. The first kappa shape index (κ1) is 25.1. The third kappa shape index (κ3) is 5.97. The quantitative estimate of drug-likeness (QED) is 0.612. The van der Waals surface area contributed by atoms with Crippen molar-refractivity contribution in [3.05, 3.63) is 68.8 Å². The third-order valence-electron chi connectivity index (χ3n) is 6.20. The molecule has 0 unspecified atom stereocenters. The Kier molecular flexibility index (Phi) is 8.09. The molecule has 0 bridgehead atoms. The SMILES string of the molecule is Cc1c(C)c(C(=O)NC(C)C)c(C)c(C)c1CCc1ccc(CS(=O)(=O)C(C)C)cc1. The molecule has 0 spiro atoms. The summed E-state index contributed by atoms with van der Waals surface area (Å²) in [6.07, 6.45) is 1.75. The Hall–Kier alpha value is -2.14. The first-order valence-corrected chi connectivity index (χ1v) is 12.8. The van der Waals surface area contributed by atoms with Crippen molar-refractivity contribution < 1.29 is 13.2 Å². The van der Waals surface area contributed by atoms with E-state index in [1.54, 1.807) is 13.8 Å². The third-order valence-corrected chi connectivity index (χ3v) is 8.37. The molecule has 31 heavy (non-hydrogen) atoms. The lowest BCUT2D eigenvalue weighted by atomic mass is 9.86. The molecule has 1 amide bonds. The lowest BCUT2D eigenvalue weighted by Crippen LogP contribution is -2.31. The number of nitrogens with one attached hydrogen (secondary N) is 1. The molecule has 170 valence electrons. The minimum absolute atomic E-state index is 0.00492. The fourth-order valence-corrected chi connectivity index (χ4v) is 4.90. The average molecular weight is 444 g/mol. The van der Waals surface area contributed by atoms with E-state index in [1.165, 1.54) is 22.3 Å². The molecule has 2 rings (SSSR count). The van der Waals surface area contributed by atoms with Gasteiger partial charge in [0.25, 0.3) is 5.91 Å². The van der Waals surface area contributed by atoms with E-state index >= 15 is 0 Å². The maximum Gasteiger partial charge on any atom is 0.252 e. The van der Waals surface area contributed by atoms with E-state index < -0.39 is 9.84 Å². The van der Waals surface area contributed by atoms with Crippen molar-refractivity contribution >= 4 is 15.7 Å². The van der Waals surface area contributed by atoms with Crippen LogP contribution < -0.4 is 5.32 Å². The van der Waals surface area contributed by atoms with Gasteiger partial charge < -0.3 is 5.32 Å². The largest absolute Gasteiger partial charge is 0.350 e. The summed E-state index contributed by atoms with van der Waals surface area (Å²) >= 11 is 0. The molecule has 1 N–H and O–H groups in total. The minimum Gasteiger partial charge on any atom is -0.350 e. The van der Waals surface area contributed by atoms with Crippen LogP contribution in [0.3, 0.4) is 0 Å². The number of benzene rings is 2. The maximum absolute atomic E-state index is 12.7. The molecule has 2 aromatic rings. The molecule has 5 heteroatoms. The monoisotopic (exact) mass is 443 g/mol. The molecule has 4 nitrogen and oxygen atoms in total. The number of hydrogen-bond acceptors (Lipinski definition) is 3. The van der Waals surface area contributed by atoms with Crippen molar-refractivity contribution in [1.29, 1.82) is 0 Å². The van der Waals surface area contributed by atoms with Crippen LogP contribution in [0.1, 0.15) is 77.0 Å². The van der Waals surface area contributed by atoms with Gasteiger partial charge in [0.2, 0.25) is 0 Å². The van der Waals surface area contributed by atoms with Crippen LogP contribution >= 0.6 is 0 Å². The number of carbonyl (C=O) groups is 1. The van der Waals surface area contributed by atoms with Crippen LogP contribution in [0, 0.1) is 27.7 Å². The average Bonchev–Trinajstić information content (AvgIpc) is 2.67. The molecule has 0 aliphatic carbocycles. The molecule has 0 radical (unpaired) electrons. The van der Waals surface area contributed by atoms with Crippen molar-refractivity contribution in [2.45, 2.75) is 85.3 Å². The highest BCUT2D eigenvalue weighted by molar-refractivity contribution is 7.91. The van der Waals surface area contributed by atoms with Gasteiger partial charge in [-0.3, -0.25) is 4.79 Å². The molecular formula is C26H37NO3S. The van der Waals surface area contributed by atoms with E-state index in [0.717, 1.165) is 35.1 Å². The summed E-state index contributed by atoms with van der Waals surface area (Å²) in [4.78, 5) is 12.7. The lowest BCUT2D eigenvalue weighted by Gasteiger charge is -2.21. The zero-order valence-corrected chi connectivity index (χ0v) is 21.0. The fraction of sp³-hybridized carbons (Fsp3) is 0.500. The topological polar surface area (TPSA) is 63.2 Å². The van der Waals surface area contributed by atoms with Crippen molar-refractivity contribution in [2.75, 3.05) is 0 Å². The van der Waals surface area contributed by atoms with Crippen LogP contribution in [-0.4, -0.2) is 25.6 Å². The Labute approximate surface area is 188 Å². The highest BCUT2D eigenvalue weighted by Gasteiger charge is 2.20. The van der Waals surface area contributed by atoms with Gasteiger partial charge in [0.15, 0.2) is 9.84 Å². The molecule has 0 heterocycles. The number of rotatable bonds is 8. The summed E-state index contributed by atoms with van der Waals surface area (Å²) in [5, 5.41) is 2.65. The smallest absolute Gasteiger partial charge is 0.252 e. The summed E-state index contributed by atoms with van der Waals surface area (Å²) in [5.74, 6) is 0.0799. The van der Waals surface area contributed by atoms with Crippen LogP contribution in [0.15, 0.2) is 24.3 Å². The lowest BCUT2D eigenvalue weighted by molar-refractivity contribution is 0.0941. The number of hydrogen-bond donors (Lipinski definition) is 1. The number of aryl methyl sites for hydroxylation is 1. The fourth-order valence-electron chi connectivity index (χ4n) is 3.91. The van der Waals surface area contributed by atoms with Gasteiger partial charge in [0.05, 0.1) is 11.0 Å². The van der Waals surface area contributed by atoms with Crippen LogP contribution in [0.4, 0.5) is 0 Å². The Bertz CT molecular complexity index is 1020. The molecule has 0 saturated heterocycles. The van der Waals surface area contributed by atoms with Crippen molar-refractivity contribution in [3.8, 4) is 0 Å². The predicted molar refractivity (Wildman–Crippen MR) is 130 cm³/mol. The van der Waals surface area contributed by atoms with Crippen LogP contribution in [-0.2, 0) is 28.4 Å². The predicted octanol–water partition coefficient (Wildman–Crippen LogP) is 5.17. The highest BCUT2D eigenvalue weighted by atomic mass is 32.2. The van der Waals surface area contributed by atoms with Gasteiger partial charge in [-0.2, -0.15) is 0 Å². The molecular weight excluding hydrogens is 406 g/mol. The van der Waals surface area contributed by atoms with Gasteiger partial charge in [-0.05, 0) is 107 Å². The second kappa shape index (κ2) is 9.99. The number of carbonyl (C=O) groups excluding carboxylic acids is 1. The van der Waals surface area contributed by atoms with Gasteiger partial charge in [0.1, 0.15) is 0 Å². The summed E-state index contributed by atoms with van der Waals surface area (Å²) in [5.41, 5.74) is 8.55. The minimum atomic E-state index is -3.09.